The van der Waals surface area contributed by atoms with Gasteiger partial charge in [0.15, 0.2) is 11.6 Å². The number of carboxylic acid groups (broad SMARTS) is 6. The molecule has 0 bridgehead atoms. The van der Waals surface area contributed by atoms with Crippen molar-refractivity contribution < 1.29 is 79.2 Å². The largest absolute Gasteiger partial charge is 0.503 e. The molecule has 5 aromatic rings. The standard InChI is InChI=1S/C45H34N10O18/c1-4-21-32(47-3)38(60)55(39(61)33(21)53-51-30-14-20(41(64)65)6-8-23(30)43(68)69)12-10-49-35(57)25-16-26(44(70)71)24(15-27(25)45(72)73)34(56)48-9-11-54-36(58)28(17-46)18(2)31(37(54)59)52-50-29-13-19(40(62)63)5-7-22(29)42(66)67/h5-8,13-16,58,60H,4,9-12H2,1-2H3,(H,48,56)(H,49,57)(H,62,63)(H,64,65)(H,66,67)(H,68,69)(H,70,71)(H,72,73). The number of hydrogen-bond acceptors (Lipinski definition) is 17. The van der Waals surface area contributed by atoms with E-state index in [0.717, 1.165) is 36.4 Å². The first-order chi connectivity index (χ1) is 34.5. The van der Waals surface area contributed by atoms with Crippen LogP contribution in [0.25, 0.3) is 4.85 Å². The van der Waals surface area contributed by atoms with Crippen LogP contribution in [0.2, 0.25) is 0 Å². The summed E-state index contributed by atoms with van der Waals surface area (Å²) in [6, 6.07) is 8.30. The summed E-state index contributed by atoms with van der Waals surface area (Å²) in [5.41, 5.74) is -11.2. The minimum atomic E-state index is -1.84. The number of aromatic hydroxyl groups is 2. The Bertz CT molecular complexity index is 3520. The van der Waals surface area contributed by atoms with Gasteiger partial charge in [0.05, 0.1) is 51.1 Å². The summed E-state index contributed by atoms with van der Waals surface area (Å²) in [5.74, 6) is -14.0. The van der Waals surface area contributed by atoms with Crippen molar-refractivity contribution in [1.82, 2.24) is 19.8 Å². The number of carbonyl (C=O) groups is 8. The maximum Gasteiger partial charge on any atom is 0.337 e. The number of rotatable bonds is 19. The number of nitrogens with one attached hydrogen (secondary N) is 2. The molecule has 2 amide bonds. The molecule has 28 heteroatoms. The van der Waals surface area contributed by atoms with E-state index in [0.29, 0.717) is 21.3 Å². The number of carboxylic acids is 6. The van der Waals surface area contributed by atoms with Gasteiger partial charge in [0.2, 0.25) is 5.88 Å². The fourth-order valence-corrected chi connectivity index (χ4v) is 6.90. The van der Waals surface area contributed by atoms with Crippen LogP contribution < -0.4 is 21.8 Å². The molecule has 372 valence electrons. The minimum absolute atomic E-state index is 0.103. The Hall–Kier alpha value is -10.9. The molecule has 0 saturated carbocycles. The Kier molecular flexibility index (Phi) is 16.0. The van der Waals surface area contributed by atoms with E-state index in [9.17, 15) is 94.1 Å². The van der Waals surface area contributed by atoms with Crippen molar-refractivity contribution in [2.75, 3.05) is 13.1 Å². The number of nitrogens with zero attached hydrogens (tertiary/aromatic N) is 8. The van der Waals surface area contributed by atoms with Crippen molar-refractivity contribution in [3.63, 3.8) is 0 Å². The molecule has 0 unspecified atom stereocenters. The van der Waals surface area contributed by atoms with Crippen LogP contribution >= 0.6 is 0 Å². The fourth-order valence-electron chi connectivity index (χ4n) is 6.90. The predicted octanol–water partition coefficient (Wildman–Crippen LogP) is 4.59. The number of pyridine rings is 2. The number of azo groups is 2. The first-order valence-corrected chi connectivity index (χ1v) is 20.5. The van der Waals surface area contributed by atoms with Gasteiger partial charge in [0, 0.05) is 31.7 Å². The van der Waals surface area contributed by atoms with Crippen LogP contribution in [-0.2, 0) is 19.5 Å². The Balaban J connectivity index is 1.41. The van der Waals surface area contributed by atoms with Gasteiger partial charge in [-0.15, -0.1) is 20.5 Å². The zero-order valence-electron chi connectivity index (χ0n) is 37.4. The van der Waals surface area contributed by atoms with E-state index in [1.165, 1.54) is 13.8 Å². The van der Waals surface area contributed by atoms with Crippen molar-refractivity contribution in [2.24, 2.45) is 20.5 Å². The summed E-state index contributed by atoms with van der Waals surface area (Å²) in [5, 5.41) is 109. The maximum absolute atomic E-state index is 13.7. The van der Waals surface area contributed by atoms with Gasteiger partial charge in [-0.05, 0) is 67.4 Å². The van der Waals surface area contributed by atoms with Gasteiger partial charge in [-0.2, -0.15) is 5.26 Å². The number of aromatic carboxylic acids is 6. The molecule has 2 aromatic heterocycles. The second-order valence-electron chi connectivity index (χ2n) is 14.8. The molecule has 10 N–H and O–H groups in total. The number of benzene rings is 3. The Morgan fingerprint density at radius 2 is 1.01 bits per heavy atom. The molecule has 3 aromatic carbocycles. The number of carbonyl (C=O) groups excluding carboxylic acids is 2. The van der Waals surface area contributed by atoms with Crippen LogP contribution in [0.4, 0.5) is 28.4 Å². The summed E-state index contributed by atoms with van der Waals surface area (Å²) >= 11 is 0. The summed E-state index contributed by atoms with van der Waals surface area (Å²) in [6.07, 6.45) is -0.103. The van der Waals surface area contributed by atoms with E-state index in [-0.39, 0.29) is 28.7 Å². The molecule has 73 heavy (non-hydrogen) atoms. The first kappa shape index (κ1) is 53.1. The van der Waals surface area contributed by atoms with Gasteiger partial charge in [-0.3, -0.25) is 28.3 Å². The van der Waals surface area contributed by atoms with Crippen molar-refractivity contribution in [3.8, 4) is 17.8 Å². The van der Waals surface area contributed by atoms with E-state index in [4.69, 9.17) is 6.57 Å². The van der Waals surface area contributed by atoms with Gasteiger partial charge in [-0.25, -0.2) is 33.6 Å². The number of amides is 2. The Morgan fingerprint density at radius 1 is 0.603 bits per heavy atom. The monoisotopic (exact) mass is 1000 g/mol. The third kappa shape index (κ3) is 11.0. The zero-order valence-corrected chi connectivity index (χ0v) is 37.4. The van der Waals surface area contributed by atoms with Crippen LogP contribution in [0.15, 0.2) is 78.6 Å². The third-order valence-electron chi connectivity index (χ3n) is 10.5. The maximum atomic E-state index is 13.7. The van der Waals surface area contributed by atoms with E-state index in [1.807, 2.05) is 0 Å². The predicted molar refractivity (Wildman–Crippen MR) is 244 cm³/mol. The van der Waals surface area contributed by atoms with Crippen molar-refractivity contribution in [1.29, 1.82) is 5.26 Å². The average Bonchev–Trinajstić information content (AvgIpc) is 3.34. The lowest BCUT2D eigenvalue weighted by Crippen LogP contribution is -2.34. The van der Waals surface area contributed by atoms with E-state index >= 15 is 0 Å². The minimum Gasteiger partial charge on any atom is -0.503 e. The highest BCUT2D eigenvalue weighted by Crippen LogP contribution is 2.36. The molecular weight excluding hydrogens is 969 g/mol. The lowest BCUT2D eigenvalue weighted by Gasteiger charge is -2.16. The third-order valence-corrected chi connectivity index (χ3v) is 10.5. The van der Waals surface area contributed by atoms with Crippen molar-refractivity contribution in [3.05, 3.63) is 142 Å². The normalized spacial score (nSPS) is 10.9. The highest BCUT2D eigenvalue weighted by Gasteiger charge is 2.28. The van der Waals surface area contributed by atoms with Gasteiger partial charge in [-0.1, -0.05) is 6.92 Å². The molecule has 0 fully saturated rings. The summed E-state index contributed by atoms with van der Waals surface area (Å²) in [7, 11) is 0. The zero-order chi connectivity index (χ0) is 54.2. The van der Waals surface area contributed by atoms with Gasteiger partial charge >= 0.3 is 35.8 Å². The molecule has 0 atom stereocenters. The molecule has 0 aliphatic heterocycles. The smallest absolute Gasteiger partial charge is 0.337 e. The second kappa shape index (κ2) is 22.0. The highest BCUT2D eigenvalue weighted by atomic mass is 16.4. The second-order valence-corrected chi connectivity index (χ2v) is 14.8. The lowest BCUT2D eigenvalue weighted by molar-refractivity contribution is 0.0675. The number of hydrogen-bond donors (Lipinski definition) is 10. The van der Waals surface area contributed by atoms with Crippen molar-refractivity contribution >= 4 is 76.1 Å². The molecule has 5 rings (SSSR count). The lowest BCUT2D eigenvalue weighted by atomic mass is 9.97. The Labute approximate surface area is 406 Å². The van der Waals surface area contributed by atoms with Crippen molar-refractivity contribution in [2.45, 2.75) is 33.4 Å². The molecule has 0 saturated heterocycles. The highest BCUT2D eigenvalue weighted by molar-refractivity contribution is 6.12. The quantitative estimate of drug-likeness (QED) is 0.0399. The molecule has 0 spiro atoms. The van der Waals surface area contributed by atoms with Crippen LogP contribution in [0.1, 0.15) is 106 Å². The van der Waals surface area contributed by atoms with Gasteiger partial charge < -0.3 is 51.5 Å². The molecule has 2 heterocycles. The molecule has 0 aliphatic rings. The van der Waals surface area contributed by atoms with Crippen LogP contribution in [-0.4, -0.2) is 111 Å². The number of nitriles is 1. The van der Waals surface area contributed by atoms with Crippen LogP contribution in [0.3, 0.4) is 0 Å². The summed E-state index contributed by atoms with van der Waals surface area (Å²) in [4.78, 5) is 129. The topological polar surface area (TPSA) is 444 Å². The fraction of sp³-hybridized carbons (Fsp3) is 0.156. The molecule has 0 radical (unpaired) electrons. The van der Waals surface area contributed by atoms with E-state index in [1.54, 1.807) is 6.07 Å². The molecule has 28 nitrogen and oxygen atoms in total. The first-order valence-electron chi connectivity index (χ1n) is 20.5. The summed E-state index contributed by atoms with van der Waals surface area (Å²) in [6.45, 7) is 7.68. The van der Waals surface area contributed by atoms with Gasteiger partial charge in [0.1, 0.15) is 28.7 Å². The van der Waals surface area contributed by atoms with Crippen LogP contribution in [0, 0.1) is 24.8 Å². The van der Waals surface area contributed by atoms with Crippen LogP contribution in [0.5, 0.6) is 11.8 Å². The summed E-state index contributed by atoms with van der Waals surface area (Å²) < 4.78 is 1.11. The van der Waals surface area contributed by atoms with Gasteiger partial charge in [0.25, 0.3) is 28.6 Å². The molecular formula is C45H34N10O18. The SMILES string of the molecule is [C-]#[N+]c1c(CC)c(N=Nc2cc(C(=O)O)ccc2C(=O)O)c(=O)n(CCNC(=O)c2cc(C(=O)O)c(C(=O)NCCn3c(O)c(C#N)c(C)c(N=Nc4cc(C(=O)O)ccc4C(=O)O)c3=O)cc2C(=O)O)c1O. The number of aromatic nitrogens is 2. The average molecular weight is 1000 g/mol. The van der Waals surface area contributed by atoms with E-state index in [2.05, 4.69) is 35.9 Å². The molecule has 0 aliphatic carbocycles. The Morgan fingerprint density at radius 3 is 1.40 bits per heavy atom. The van der Waals surface area contributed by atoms with E-state index < -0.39 is 164 Å².